The summed E-state index contributed by atoms with van der Waals surface area (Å²) in [6.07, 6.45) is 10.6. The molecule has 3 aromatic rings. The highest BCUT2D eigenvalue weighted by Gasteiger charge is 2.24. The fourth-order valence-electron chi connectivity index (χ4n) is 4.77. The lowest BCUT2D eigenvalue weighted by molar-refractivity contribution is 0.0954. The first-order valence-electron chi connectivity index (χ1n) is 12.1. The predicted octanol–water partition coefficient (Wildman–Crippen LogP) is 4.81. The molecular formula is C26H35N5O2. The lowest BCUT2D eigenvalue weighted by Gasteiger charge is -2.29. The van der Waals surface area contributed by atoms with E-state index in [2.05, 4.69) is 27.6 Å². The number of rotatable bonds is 9. The van der Waals surface area contributed by atoms with Gasteiger partial charge in [-0.05, 0) is 56.7 Å². The number of hydrogen-bond acceptors (Lipinski definition) is 5. The Morgan fingerprint density at radius 3 is 2.64 bits per heavy atom. The minimum absolute atomic E-state index is 0.111. The summed E-state index contributed by atoms with van der Waals surface area (Å²) in [6.45, 7) is 5.57. The number of pyridine rings is 1. The Labute approximate surface area is 195 Å². The van der Waals surface area contributed by atoms with Crippen molar-refractivity contribution in [2.75, 3.05) is 19.0 Å². The fourth-order valence-corrected chi connectivity index (χ4v) is 4.77. The first-order chi connectivity index (χ1) is 16.1. The second kappa shape index (κ2) is 10.7. The zero-order chi connectivity index (χ0) is 23.2. The van der Waals surface area contributed by atoms with E-state index >= 15 is 0 Å². The molecule has 7 nitrogen and oxygen atoms in total. The van der Waals surface area contributed by atoms with Crippen LogP contribution in [0, 0.1) is 5.92 Å². The van der Waals surface area contributed by atoms with E-state index in [0.717, 1.165) is 41.0 Å². The minimum atomic E-state index is -0.111. The van der Waals surface area contributed by atoms with Gasteiger partial charge in [0.25, 0.3) is 5.91 Å². The molecule has 0 spiro atoms. The van der Waals surface area contributed by atoms with Crippen LogP contribution in [0.25, 0.3) is 11.0 Å². The summed E-state index contributed by atoms with van der Waals surface area (Å²) in [7, 11) is 1.66. The van der Waals surface area contributed by atoms with Crippen molar-refractivity contribution in [3.8, 4) is 5.75 Å². The average Bonchev–Trinajstić information content (AvgIpc) is 3.28. The Kier molecular flexibility index (Phi) is 7.47. The second-order valence-corrected chi connectivity index (χ2v) is 8.93. The van der Waals surface area contributed by atoms with Crippen molar-refractivity contribution in [2.45, 2.75) is 65.0 Å². The molecule has 0 bridgehead atoms. The molecule has 0 unspecified atom stereocenters. The van der Waals surface area contributed by atoms with Gasteiger partial charge < -0.3 is 15.4 Å². The van der Waals surface area contributed by atoms with E-state index in [1.807, 2.05) is 42.1 Å². The summed E-state index contributed by atoms with van der Waals surface area (Å²) in [5.41, 5.74) is 3.39. The van der Waals surface area contributed by atoms with Crippen molar-refractivity contribution in [1.82, 2.24) is 20.1 Å². The molecule has 1 saturated carbocycles. The molecule has 1 atom stereocenters. The number of anilines is 1. The van der Waals surface area contributed by atoms with Gasteiger partial charge in [-0.25, -0.2) is 9.67 Å². The zero-order valence-corrected chi connectivity index (χ0v) is 19.9. The van der Waals surface area contributed by atoms with Crippen molar-refractivity contribution in [3.63, 3.8) is 0 Å². The monoisotopic (exact) mass is 449 g/mol. The van der Waals surface area contributed by atoms with Gasteiger partial charge in [0.1, 0.15) is 5.75 Å². The smallest absolute Gasteiger partial charge is 0.254 e. The van der Waals surface area contributed by atoms with E-state index in [9.17, 15) is 4.79 Å². The fraction of sp³-hybridized carbons (Fsp3) is 0.500. The highest BCUT2D eigenvalue weighted by molar-refractivity contribution is 6.06. The molecule has 1 aromatic carbocycles. The first kappa shape index (κ1) is 23.1. The Balaban J connectivity index is 1.52. The summed E-state index contributed by atoms with van der Waals surface area (Å²) < 4.78 is 7.08. The highest BCUT2D eigenvalue weighted by atomic mass is 16.5. The van der Waals surface area contributed by atoms with E-state index in [-0.39, 0.29) is 11.9 Å². The lowest BCUT2D eigenvalue weighted by atomic mass is 9.84. The summed E-state index contributed by atoms with van der Waals surface area (Å²) in [6, 6.07) is 8.21. The van der Waals surface area contributed by atoms with Crippen LogP contribution in [0.4, 0.5) is 5.69 Å². The molecular weight excluding hydrogens is 414 g/mol. The number of aromatic nitrogens is 3. The van der Waals surface area contributed by atoms with E-state index in [1.165, 1.54) is 32.1 Å². The van der Waals surface area contributed by atoms with Crippen LogP contribution in [0.15, 0.2) is 36.7 Å². The van der Waals surface area contributed by atoms with Gasteiger partial charge in [0, 0.05) is 25.3 Å². The normalized spacial score (nSPS) is 15.4. The average molecular weight is 450 g/mol. The number of benzene rings is 1. The maximum atomic E-state index is 13.2. The second-order valence-electron chi connectivity index (χ2n) is 8.93. The van der Waals surface area contributed by atoms with Crippen LogP contribution in [0.3, 0.4) is 0 Å². The number of hydrogen-bond donors (Lipinski definition) is 2. The standard InChI is InChI=1S/C26H35N5O2/c1-4-31-25-22(17-29-31)24(30-18(2)20-8-6-5-7-9-20)23(16-28-25)26(32)27-15-14-19-10-12-21(33-3)13-11-19/h10-13,16-18,20H,4-9,14-15H2,1-3H3,(H,27,32)(H,28,30)/t18-/m1/s1. The van der Waals surface area contributed by atoms with Crippen molar-refractivity contribution in [2.24, 2.45) is 5.92 Å². The van der Waals surface area contributed by atoms with Gasteiger partial charge >= 0.3 is 0 Å². The summed E-state index contributed by atoms with van der Waals surface area (Å²) in [4.78, 5) is 17.8. The van der Waals surface area contributed by atoms with Crippen LogP contribution >= 0.6 is 0 Å². The molecule has 1 amide bonds. The molecule has 1 aliphatic carbocycles. The summed E-state index contributed by atoms with van der Waals surface area (Å²) >= 11 is 0. The number of amides is 1. The number of nitrogens with zero attached hydrogens (tertiary/aromatic N) is 3. The van der Waals surface area contributed by atoms with E-state index in [1.54, 1.807) is 13.3 Å². The Hall–Kier alpha value is -3.09. The quantitative estimate of drug-likeness (QED) is 0.490. The number of carbonyl (C=O) groups is 1. The maximum Gasteiger partial charge on any atom is 0.254 e. The number of ether oxygens (including phenoxy) is 1. The van der Waals surface area contributed by atoms with Gasteiger partial charge in [-0.15, -0.1) is 0 Å². The molecule has 33 heavy (non-hydrogen) atoms. The maximum absolute atomic E-state index is 13.2. The van der Waals surface area contributed by atoms with Crippen LogP contribution in [0.1, 0.15) is 61.9 Å². The van der Waals surface area contributed by atoms with Crippen molar-refractivity contribution in [3.05, 3.63) is 47.8 Å². The number of aryl methyl sites for hydroxylation is 1. The van der Waals surface area contributed by atoms with Gasteiger partial charge in [-0.1, -0.05) is 31.4 Å². The number of nitrogens with one attached hydrogen (secondary N) is 2. The van der Waals surface area contributed by atoms with Gasteiger partial charge in [0.15, 0.2) is 5.65 Å². The molecule has 7 heteroatoms. The first-order valence-corrected chi connectivity index (χ1v) is 12.1. The molecule has 1 fully saturated rings. The third-order valence-electron chi connectivity index (χ3n) is 6.80. The van der Waals surface area contributed by atoms with Crippen molar-refractivity contribution < 1.29 is 9.53 Å². The van der Waals surface area contributed by atoms with Gasteiger partial charge in [-0.3, -0.25) is 4.79 Å². The molecule has 2 N–H and O–H groups in total. The molecule has 0 radical (unpaired) electrons. The van der Waals surface area contributed by atoms with Crippen LogP contribution in [0.2, 0.25) is 0 Å². The minimum Gasteiger partial charge on any atom is -0.497 e. The summed E-state index contributed by atoms with van der Waals surface area (Å²) in [5, 5.41) is 12.2. The van der Waals surface area contributed by atoms with Gasteiger partial charge in [0.05, 0.1) is 29.9 Å². The molecule has 176 valence electrons. The van der Waals surface area contributed by atoms with Gasteiger partial charge in [0.2, 0.25) is 0 Å². The SMILES string of the molecule is CCn1ncc2c(N[C@H](C)C3CCCCC3)c(C(=O)NCCc3ccc(OC)cc3)cnc21. The lowest BCUT2D eigenvalue weighted by Crippen LogP contribution is -2.31. The Morgan fingerprint density at radius 2 is 1.94 bits per heavy atom. The molecule has 0 aliphatic heterocycles. The third-order valence-corrected chi connectivity index (χ3v) is 6.80. The third kappa shape index (κ3) is 5.29. The topological polar surface area (TPSA) is 81.1 Å². The van der Waals surface area contributed by atoms with Crippen LogP contribution < -0.4 is 15.4 Å². The summed E-state index contributed by atoms with van der Waals surface area (Å²) in [5.74, 6) is 1.34. The van der Waals surface area contributed by atoms with Crippen molar-refractivity contribution in [1.29, 1.82) is 0 Å². The zero-order valence-electron chi connectivity index (χ0n) is 19.9. The van der Waals surface area contributed by atoms with E-state index in [0.29, 0.717) is 18.0 Å². The van der Waals surface area contributed by atoms with E-state index in [4.69, 9.17) is 4.74 Å². The Bertz CT molecular complexity index is 1070. The predicted molar refractivity (Wildman–Crippen MR) is 132 cm³/mol. The molecule has 4 rings (SSSR count). The van der Waals surface area contributed by atoms with E-state index < -0.39 is 0 Å². The highest BCUT2D eigenvalue weighted by Crippen LogP contribution is 2.32. The molecule has 2 heterocycles. The largest absolute Gasteiger partial charge is 0.497 e. The van der Waals surface area contributed by atoms with Crippen LogP contribution in [-0.4, -0.2) is 40.4 Å². The van der Waals surface area contributed by atoms with Crippen molar-refractivity contribution >= 4 is 22.6 Å². The molecule has 1 aliphatic rings. The van der Waals surface area contributed by atoms with Gasteiger partial charge in [-0.2, -0.15) is 5.10 Å². The number of fused-ring (bicyclic) bond motifs is 1. The number of methoxy groups -OCH3 is 1. The molecule has 2 aromatic heterocycles. The molecule has 0 saturated heterocycles. The van der Waals surface area contributed by atoms with Crippen LogP contribution in [-0.2, 0) is 13.0 Å². The Morgan fingerprint density at radius 1 is 1.18 bits per heavy atom. The van der Waals surface area contributed by atoms with Crippen LogP contribution in [0.5, 0.6) is 5.75 Å². The number of carbonyl (C=O) groups excluding carboxylic acids is 1.